The fourth-order valence-corrected chi connectivity index (χ4v) is 13.4. The van der Waals surface area contributed by atoms with Crippen LogP contribution in [0.15, 0.2) is 68.1 Å². The average molecular weight is 848 g/mol. The minimum Gasteiger partial charge on any atom is -0.507 e. The predicted molar refractivity (Wildman–Crippen MR) is 231 cm³/mol. The third-order valence-corrected chi connectivity index (χ3v) is 16.3. The van der Waals surface area contributed by atoms with Gasteiger partial charge in [0.1, 0.15) is 76.6 Å². The standard InChI is InChI=1S/C45H46N6O7S2/c1-22-13-32(52)38-33(55-22)17-34-39(40(38)53)37-24-4-6-26(7-5-24)45-35(58-45)8-3-23-14-30(50-36(46)15-23)28-16-27(19-51-18-25-9-11-48-31(25)20-51)49-42(47)29(28)21-60-59-12-10-44(2,57-34)41(37)56-43(45)54/h9,11,13-17,20,24,26,35,37,41,53H,3-8,10,12,18-19,21H2,1-2H3,(H2,46,50)(H2,47,49)/p+1. The summed E-state index contributed by atoms with van der Waals surface area (Å²) >= 11 is 0. The monoisotopic (exact) mass is 847 g/mol. The van der Waals surface area contributed by atoms with E-state index in [1.807, 2.05) is 19.2 Å². The summed E-state index contributed by atoms with van der Waals surface area (Å²) in [6.07, 6.45) is 9.93. The first-order chi connectivity index (χ1) is 29.0. The molecule has 6 atom stereocenters. The largest absolute Gasteiger partial charge is 0.507 e. The first kappa shape index (κ1) is 38.1. The number of hydrogen-bond acceptors (Lipinski definition) is 14. The second-order valence-electron chi connectivity index (χ2n) is 17.7. The Morgan fingerprint density at radius 2 is 1.88 bits per heavy atom. The number of hydrogen-bond donors (Lipinski definition) is 4. The number of esters is 1. The third-order valence-electron chi connectivity index (χ3n) is 14.0. The van der Waals surface area contributed by atoms with Crippen LogP contribution in [0.4, 0.5) is 11.6 Å². The molecule has 1 spiro atoms. The molecule has 7 aliphatic heterocycles. The Morgan fingerprint density at radius 3 is 2.72 bits per heavy atom. The Morgan fingerprint density at radius 1 is 1.03 bits per heavy atom. The lowest BCUT2D eigenvalue weighted by Gasteiger charge is -2.48. The number of epoxide rings is 1. The highest BCUT2D eigenvalue weighted by molar-refractivity contribution is 8.76. The molecule has 6 N–H and O–H groups in total. The molecule has 60 heavy (non-hydrogen) atoms. The van der Waals surface area contributed by atoms with Crippen LogP contribution in [0.2, 0.25) is 0 Å². The number of aromatic hydroxyl groups is 1. The molecule has 1 aromatic carbocycles. The van der Waals surface area contributed by atoms with Crippen LogP contribution in [0, 0.1) is 18.8 Å². The van der Waals surface area contributed by atoms with Crippen LogP contribution < -0.4 is 26.5 Å². The molecule has 1 saturated carbocycles. The number of carbonyl (C=O) groups is 1. The molecule has 310 valence electrons. The fourth-order valence-electron chi connectivity index (χ4n) is 11.0. The van der Waals surface area contributed by atoms with Gasteiger partial charge in [0, 0.05) is 70.4 Å². The Labute approximate surface area is 354 Å². The normalized spacial score (nSPS) is 31.5. The quantitative estimate of drug-likeness (QED) is 0.109. The summed E-state index contributed by atoms with van der Waals surface area (Å²) in [7, 11) is 3.35. The Balaban J connectivity index is 0.982. The number of aliphatic imine (C=N–C) groups is 1. The zero-order valence-corrected chi connectivity index (χ0v) is 35.1. The van der Waals surface area contributed by atoms with Gasteiger partial charge < -0.3 is 35.2 Å². The number of phenolic OH excluding ortho intramolecular Hbond substituents is 1. The summed E-state index contributed by atoms with van der Waals surface area (Å²) in [6.45, 7) is 5.21. The summed E-state index contributed by atoms with van der Waals surface area (Å²) in [4.78, 5) is 43.7. The Bertz CT molecular complexity index is 2660. The van der Waals surface area contributed by atoms with E-state index in [1.165, 1.54) is 16.5 Å². The summed E-state index contributed by atoms with van der Waals surface area (Å²) in [5.41, 5.74) is 18.4. The number of nitrogens with two attached hydrogens (primary N) is 2. The van der Waals surface area contributed by atoms with E-state index in [1.54, 1.807) is 34.6 Å². The van der Waals surface area contributed by atoms with Crippen LogP contribution in [0.1, 0.15) is 79.5 Å². The number of quaternary nitrogens is 1. The number of aryl methyl sites for hydroxylation is 2. The molecule has 15 heteroatoms. The van der Waals surface area contributed by atoms with Crippen molar-refractivity contribution in [1.29, 1.82) is 0 Å². The van der Waals surface area contributed by atoms with E-state index in [4.69, 9.17) is 40.1 Å². The molecule has 1 aliphatic carbocycles. The molecular formula is C45H47N6O7S2+. The number of ether oxygens (including phenoxy) is 3. The number of phenols is 1. The molecule has 3 saturated heterocycles. The third kappa shape index (κ3) is 6.17. The number of pyridine rings is 2. The molecule has 4 aromatic rings. The topological polar surface area (TPSA) is 193 Å². The highest BCUT2D eigenvalue weighted by atomic mass is 33.1. The lowest BCUT2D eigenvalue weighted by atomic mass is 9.65. The number of carbonyl (C=O) groups excluding carboxylic acids is 1. The van der Waals surface area contributed by atoms with Gasteiger partial charge in [-0.05, 0) is 88.1 Å². The van der Waals surface area contributed by atoms with Gasteiger partial charge in [-0.2, -0.15) is 0 Å². The van der Waals surface area contributed by atoms with Crippen molar-refractivity contribution >= 4 is 56.4 Å². The van der Waals surface area contributed by atoms with Gasteiger partial charge in [0.05, 0.1) is 17.5 Å². The maximum atomic E-state index is 14.8. The van der Waals surface area contributed by atoms with Crippen LogP contribution >= 0.6 is 21.6 Å². The number of fused-ring (bicyclic) bond motifs is 9. The first-order valence-corrected chi connectivity index (χ1v) is 23.4. The van der Waals surface area contributed by atoms with Crippen LogP contribution in [0.3, 0.4) is 0 Å². The SMILES string of the molecule is Cc1cc(=O)c2c(O)c3c(cc2o1)OC1(C)CCSSCc2c(cc(C[NH+]4C=C5N=CC=C5C4)nc2N)-c2cc(cc(N)n2)CCC2OC24C(=O)OC1C3C1CCC4CC1. The molecule has 0 radical (unpaired) electrons. The molecule has 6 bridgehead atoms. The van der Waals surface area contributed by atoms with E-state index in [9.17, 15) is 14.7 Å². The number of nitrogens with one attached hydrogen (secondary N) is 1. The van der Waals surface area contributed by atoms with Crippen molar-refractivity contribution in [3.05, 3.63) is 92.2 Å². The number of rotatable bonds is 2. The molecule has 10 heterocycles. The number of anilines is 2. The minimum absolute atomic E-state index is 0.00860. The van der Waals surface area contributed by atoms with Crippen molar-refractivity contribution < 1.29 is 33.4 Å². The highest BCUT2D eigenvalue weighted by Gasteiger charge is 2.70. The van der Waals surface area contributed by atoms with Gasteiger partial charge in [-0.25, -0.2) is 14.8 Å². The van der Waals surface area contributed by atoms with Gasteiger partial charge in [-0.15, -0.1) is 0 Å². The lowest BCUT2D eigenvalue weighted by Crippen LogP contribution is -3.04. The van der Waals surface area contributed by atoms with Gasteiger partial charge in [0.25, 0.3) is 0 Å². The molecule has 6 unspecified atom stereocenters. The summed E-state index contributed by atoms with van der Waals surface area (Å²) in [5, 5.41) is 12.1. The summed E-state index contributed by atoms with van der Waals surface area (Å²) in [6, 6.07) is 9.23. The lowest BCUT2D eigenvalue weighted by molar-refractivity contribution is -0.852. The molecular weight excluding hydrogens is 801 g/mol. The van der Waals surface area contributed by atoms with E-state index >= 15 is 0 Å². The molecule has 8 aliphatic rings. The number of allylic oxidation sites excluding steroid dienone is 1. The van der Waals surface area contributed by atoms with Gasteiger partial charge in [0.15, 0.2) is 11.0 Å². The second kappa shape index (κ2) is 14.1. The Hall–Kier alpha value is -4.83. The van der Waals surface area contributed by atoms with Crippen LogP contribution in [0.5, 0.6) is 11.5 Å². The van der Waals surface area contributed by atoms with E-state index < -0.39 is 23.2 Å². The second-order valence-corrected chi connectivity index (χ2v) is 20.3. The van der Waals surface area contributed by atoms with Crippen molar-refractivity contribution in [3.8, 4) is 22.8 Å². The van der Waals surface area contributed by atoms with Crippen LogP contribution in [-0.4, -0.2) is 63.0 Å². The summed E-state index contributed by atoms with van der Waals surface area (Å²) in [5.74, 6) is 2.13. The molecule has 3 aromatic heterocycles. The van der Waals surface area contributed by atoms with Crippen molar-refractivity contribution in [2.45, 2.75) is 100 Å². The van der Waals surface area contributed by atoms with Gasteiger partial charge in [0.2, 0.25) is 0 Å². The van der Waals surface area contributed by atoms with Crippen molar-refractivity contribution in [3.63, 3.8) is 0 Å². The predicted octanol–water partition coefficient (Wildman–Crippen LogP) is 5.70. The molecule has 13 nitrogen and oxygen atoms in total. The minimum atomic E-state index is -1.07. The number of nitrogen functional groups attached to an aromatic ring is 2. The average Bonchev–Trinajstić information content (AvgIpc) is 3.55. The first-order valence-electron chi connectivity index (χ1n) is 20.9. The van der Waals surface area contributed by atoms with Gasteiger partial charge >= 0.3 is 5.97 Å². The molecule has 12 rings (SSSR count). The zero-order chi connectivity index (χ0) is 41.1. The van der Waals surface area contributed by atoms with E-state index in [2.05, 4.69) is 29.4 Å². The maximum absolute atomic E-state index is 14.8. The van der Waals surface area contributed by atoms with Crippen LogP contribution in [-0.2, 0) is 33.0 Å². The van der Waals surface area contributed by atoms with Gasteiger partial charge in [-0.1, -0.05) is 21.6 Å². The van der Waals surface area contributed by atoms with E-state index in [-0.39, 0.29) is 46.1 Å². The number of benzene rings is 1. The van der Waals surface area contributed by atoms with E-state index in [0.29, 0.717) is 66.0 Å². The number of aromatic nitrogens is 2. The smallest absolute Gasteiger partial charge is 0.341 e. The van der Waals surface area contributed by atoms with E-state index in [0.717, 1.165) is 66.0 Å². The van der Waals surface area contributed by atoms with Crippen molar-refractivity contribution in [2.75, 3.05) is 23.8 Å². The van der Waals surface area contributed by atoms with Crippen molar-refractivity contribution in [1.82, 2.24) is 9.97 Å². The molecule has 4 fully saturated rings. The summed E-state index contributed by atoms with van der Waals surface area (Å²) < 4.78 is 26.3. The van der Waals surface area contributed by atoms with Crippen LogP contribution in [0.25, 0.3) is 22.2 Å². The highest BCUT2D eigenvalue weighted by Crippen LogP contribution is 2.60. The maximum Gasteiger partial charge on any atom is 0.341 e. The Kier molecular flexibility index (Phi) is 8.97. The number of nitrogens with zero attached hydrogens (tertiary/aromatic N) is 3. The van der Waals surface area contributed by atoms with Gasteiger partial charge in [-0.3, -0.25) is 14.7 Å². The zero-order valence-electron chi connectivity index (χ0n) is 33.5. The fraction of sp³-hybridized carbons (Fsp3) is 0.444. The van der Waals surface area contributed by atoms with Crippen molar-refractivity contribution in [2.24, 2.45) is 16.8 Å². The molecule has 0 amide bonds.